The molecule has 0 atom stereocenters. The molecule has 0 aliphatic heterocycles. The SMILES string of the molecule is CC(C)(C)c1cnc(C(C)(C(F)(F)F)C(F)(F)F)cc1C(F)(F)F. The van der Waals surface area contributed by atoms with Gasteiger partial charge in [0.15, 0.2) is 5.41 Å². The Morgan fingerprint density at radius 1 is 0.708 bits per heavy atom. The summed E-state index contributed by atoms with van der Waals surface area (Å²) >= 11 is 0. The van der Waals surface area contributed by atoms with E-state index in [-0.39, 0.29) is 13.0 Å². The summed E-state index contributed by atoms with van der Waals surface area (Å²) in [6.07, 6.45) is -16.4. The second kappa shape index (κ2) is 5.52. The maximum Gasteiger partial charge on any atom is 0.416 e. The van der Waals surface area contributed by atoms with Crippen LogP contribution in [0.1, 0.15) is 44.5 Å². The van der Waals surface area contributed by atoms with Crippen LogP contribution in [-0.4, -0.2) is 17.3 Å². The first-order valence-electron chi connectivity index (χ1n) is 6.55. The van der Waals surface area contributed by atoms with Crippen molar-refractivity contribution in [3.63, 3.8) is 0 Å². The minimum Gasteiger partial charge on any atom is -0.260 e. The summed E-state index contributed by atoms with van der Waals surface area (Å²) in [5, 5.41) is 0. The first-order valence-corrected chi connectivity index (χ1v) is 6.55. The van der Waals surface area contributed by atoms with Gasteiger partial charge in [-0.2, -0.15) is 39.5 Å². The van der Waals surface area contributed by atoms with Crippen molar-refractivity contribution in [1.82, 2.24) is 4.98 Å². The van der Waals surface area contributed by atoms with Gasteiger partial charge < -0.3 is 0 Å². The van der Waals surface area contributed by atoms with Crippen molar-refractivity contribution >= 4 is 0 Å². The highest BCUT2D eigenvalue weighted by molar-refractivity contribution is 5.37. The predicted molar refractivity (Wildman–Crippen MR) is 67.4 cm³/mol. The minimum absolute atomic E-state index is 0.165. The molecule has 1 nitrogen and oxygen atoms in total. The van der Waals surface area contributed by atoms with Gasteiger partial charge in [-0.25, -0.2) is 0 Å². The first-order chi connectivity index (χ1) is 10.3. The molecule has 1 aromatic rings. The largest absolute Gasteiger partial charge is 0.416 e. The molecular formula is C14H14F9N. The summed E-state index contributed by atoms with van der Waals surface area (Å²) < 4.78 is 117. The summed E-state index contributed by atoms with van der Waals surface area (Å²) in [7, 11) is 0. The van der Waals surface area contributed by atoms with Crippen molar-refractivity contribution in [2.45, 2.75) is 57.1 Å². The van der Waals surface area contributed by atoms with E-state index in [2.05, 4.69) is 4.98 Å². The van der Waals surface area contributed by atoms with E-state index in [0.717, 1.165) is 0 Å². The van der Waals surface area contributed by atoms with Gasteiger partial charge >= 0.3 is 18.5 Å². The highest BCUT2D eigenvalue weighted by atomic mass is 19.4. The van der Waals surface area contributed by atoms with Crippen LogP contribution < -0.4 is 0 Å². The molecule has 24 heavy (non-hydrogen) atoms. The molecule has 0 aromatic carbocycles. The number of hydrogen-bond donors (Lipinski definition) is 0. The molecule has 0 unspecified atom stereocenters. The van der Waals surface area contributed by atoms with Crippen LogP contribution >= 0.6 is 0 Å². The normalized spacial score (nSPS) is 14.9. The first kappa shape index (κ1) is 20.6. The van der Waals surface area contributed by atoms with Crippen molar-refractivity contribution in [2.24, 2.45) is 0 Å². The third kappa shape index (κ3) is 3.46. The van der Waals surface area contributed by atoms with Gasteiger partial charge in [0, 0.05) is 6.20 Å². The number of pyridine rings is 1. The molecule has 1 aromatic heterocycles. The minimum atomic E-state index is -5.87. The standard InChI is InChI=1S/C14H14F9N/c1-10(2,3)8-6-24-9(5-7(8)12(15,16)17)11(4,13(18,19)20)14(21,22)23/h5-6H,1-4H3. The number of aromatic nitrogens is 1. The van der Waals surface area contributed by atoms with Crippen LogP contribution in [0.15, 0.2) is 12.3 Å². The maximum absolute atomic E-state index is 13.1. The Balaban J connectivity index is 3.80. The van der Waals surface area contributed by atoms with Crippen LogP contribution in [0.4, 0.5) is 39.5 Å². The zero-order valence-electron chi connectivity index (χ0n) is 13.0. The topological polar surface area (TPSA) is 12.9 Å². The molecule has 0 N–H and O–H groups in total. The summed E-state index contributed by atoms with van der Waals surface area (Å²) in [5.41, 5.74) is -9.51. The molecule has 1 heterocycles. The number of halogens is 9. The lowest BCUT2D eigenvalue weighted by Crippen LogP contribution is -2.52. The Labute approximate surface area is 131 Å². The van der Waals surface area contributed by atoms with Crippen LogP contribution in [0.2, 0.25) is 0 Å². The molecule has 0 amide bonds. The third-order valence-corrected chi connectivity index (χ3v) is 3.66. The number of rotatable bonds is 1. The Hall–Kier alpha value is -1.48. The smallest absolute Gasteiger partial charge is 0.260 e. The number of hydrogen-bond acceptors (Lipinski definition) is 1. The van der Waals surface area contributed by atoms with Gasteiger partial charge in [-0.15, -0.1) is 0 Å². The molecule has 0 fully saturated rings. The lowest BCUT2D eigenvalue weighted by molar-refractivity contribution is -0.298. The van der Waals surface area contributed by atoms with E-state index in [1.165, 1.54) is 20.8 Å². The van der Waals surface area contributed by atoms with Gasteiger partial charge in [0.25, 0.3) is 0 Å². The zero-order valence-corrected chi connectivity index (χ0v) is 13.0. The van der Waals surface area contributed by atoms with Crippen molar-refractivity contribution in [2.75, 3.05) is 0 Å². The van der Waals surface area contributed by atoms with Crippen LogP contribution in [-0.2, 0) is 17.0 Å². The predicted octanol–water partition coefficient (Wildman–Crippen LogP) is 5.78. The van der Waals surface area contributed by atoms with E-state index < -0.39 is 46.2 Å². The number of alkyl halides is 9. The molecule has 0 spiro atoms. The zero-order chi connectivity index (χ0) is 19.4. The van der Waals surface area contributed by atoms with E-state index >= 15 is 0 Å². The highest BCUT2D eigenvalue weighted by Crippen LogP contribution is 2.52. The van der Waals surface area contributed by atoms with Crippen molar-refractivity contribution in [3.8, 4) is 0 Å². The average molecular weight is 367 g/mol. The molecule has 10 heteroatoms. The van der Waals surface area contributed by atoms with Gasteiger partial charge in [-0.1, -0.05) is 20.8 Å². The van der Waals surface area contributed by atoms with E-state index in [9.17, 15) is 39.5 Å². The molecule has 0 aliphatic carbocycles. The van der Waals surface area contributed by atoms with Crippen molar-refractivity contribution < 1.29 is 39.5 Å². The fourth-order valence-corrected chi connectivity index (χ4v) is 2.01. The number of nitrogens with zero attached hydrogens (tertiary/aromatic N) is 1. The van der Waals surface area contributed by atoms with Gasteiger partial charge in [-0.05, 0) is 24.0 Å². The fourth-order valence-electron chi connectivity index (χ4n) is 2.01. The van der Waals surface area contributed by atoms with Crippen molar-refractivity contribution in [3.05, 3.63) is 29.1 Å². The van der Waals surface area contributed by atoms with Gasteiger partial charge in [0.2, 0.25) is 0 Å². The Kier molecular flexibility index (Phi) is 4.73. The van der Waals surface area contributed by atoms with Crippen molar-refractivity contribution in [1.29, 1.82) is 0 Å². The molecule has 0 aliphatic rings. The third-order valence-electron chi connectivity index (χ3n) is 3.66. The molecule has 0 radical (unpaired) electrons. The summed E-state index contributed by atoms with van der Waals surface area (Å²) in [4.78, 5) is 3.08. The Morgan fingerprint density at radius 2 is 1.12 bits per heavy atom. The van der Waals surface area contributed by atoms with Crippen LogP contribution in [0.25, 0.3) is 0 Å². The molecule has 138 valence electrons. The maximum atomic E-state index is 13.1. The van der Waals surface area contributed by atoms with Crippen LogP contribution in [0.5, 0.6) is 0 Å². The quantitative estimate of drug-likeness (QED) is 0.574. The fraction of sp³-hybridized carbons (Fsp3) is 0.643. The van der Waals surface area contributed by atoms with Gasteiger partial charge in [0.05, 0.1) is 11.3 Å². The molecule has 0 saturated heterocycles. The lowest BCUT2D eigenvalue weighted by Gasteiger charge is -2.34. The summed E-state index contributed by atoms with van der Waals surface area (Å²) in [6, 6.07) is -0.165. The second-order valence-corrected chi connectivity index (χ2v) is 6.48. The summed E-state index contributed by atoms with van der Waals surface area (Å²) in [6.45, 7) is 3.79. The monoisotopic (exact) mass is 367 g/mol. The molecule has 0 bridgehead atoms. The van der Waals surface area contributed by atoms with E-state index in [0.29, 0.717) is 6.20 Å². The Bertz CT molecular complexity index is 589. The molecule has 1 rings (SSSR count). The molecule has 0 saturated carbocycles. The highest BCUT2D eigenvalue weighted by Gasteiger charge is 2.69. The van der Waals surface area contributed by atoms with Crippen LogP contribution in [0, 0.1) is 0 Å². The van der Waals surface area contributed by atoms with E-state index in [4.69, 9.17) is 0 Å². The van der Waals surface area contributed by atoms with E-state index in [1.807, 2.05) is 0 Å². The Morgan fingerprint density at radius 3 is 1.42 bits per heavy atom. The van der Waals surface area contributed by atoms with Gasteiger partial charge in [-0.3, -0.25) is 4.98 Å². The second-order valence-electron chi connectivity index (χ2n) is 6.48. The lowest BCUT2D eigenvalue weighted by atomic mass is 9.80. The molecular weight excluding hydrogens is 353 g/mol. The average Bonchev–Trinajstić information content (AvgIpc) is 2.32. The van der Waals surface area contributed by atoms with Crippen LogP contribution in [0.3, 0.4) is 0 Å². The summed E-state index contributed by atoms with van der Waals surface area (Å²) in [5.74, 6) is 0. The van der Waals surface area contributed by atoms with Gasteiger partial charge in [0.1, 0.15) is 0 Å². The van der Waals surface area contributed by atoms with E-state index in [1.54, 1.807) is 0 Å².